The number of halogens is 1. The Bertz CT molecular complexity index is 712. The summed E-state index contributed by atoms with van der Waals surface area (Å²) in [7, 11) is 1.60. The fourth-order valence-electron chi connectivity index (χ4n) is 3.41. The molecule has 1 aromatic carbocycles. The summed E-state index contributed by atoms with van der Waals surface area (Å²) in [4.78, 5) is 18.7. The highest BCUT2D eigenvalue weighted by molar-refractivity contribution is 6.32. The summed E-state index contributed by atoms with van der Waals surface area (Å²) in [6.07, 6.45) is 4.85. The lowest BCUT2D eigenvalue weighted by molar-refractivity contribution is -0.130. The molecule has 30 heavy (non-hydrogen) atoms. The maximum atomic E-state index is 12.1. The van der Waals surface area contributed by atoms with Gasteiger partial charge in [-0.05, 0) is 50.8 Å². The predicted octanol–water partition coefficient (Wildman–Crippen LogP) is 3.60. The van der Waals surface area contributed by atoms with Gasteiger partial charge in [-0.15, -0.1) is 0 Å². The van der Waals surface area contributed by atoms with Gasteiger partial charge in [0.25, 0.3) is 0 Å². The van der Waals surface area contributed by atoms with Gasteiger partial charge in [0.05, 0.1) is 25.3 Å². The third kappa shape index (κ3) is 7.59. The minimum absolute atomic E-state index is 0.286. The second-order valence-corrected chi connectivity index (χ2v) is 7.62. The van der Waals surface area contributed by atoms with E-state index in [2.05, 4.69) is 15.6 Å². The van der Waals surface area contributed by atoms with Gasteiger partial charge in [-0.2, -0.15) is 0 Å². The molecule has 8 heteroatoms. The highest BCUT2D eigenvalue weighted by Crippen LogP contribution is 2.36. The molecule has 1 aliphatic heterocycles. The number of rotatable bonds is 10. The number of nitrogens with zero attached hydrogens (tertiary/aromatic N) is 2. The number of likely N-dealkylation sites (tertiary alicyclic amines) is 1. The first-order valence-electron chi connectivity index (χ1n) is 10.9. The van der Waals surface area contributed by atoms with Gasteiger partial charge in [-0.1, -0.05) is 18.0 Å². The van der Waals surface area contributed by atoms with Crippen molar-refractivity contribution in [2.75, 3.05) is 39.9 Å². The Balaban J connectivity index is 1.90. The van der Waals surface area contributed by atoms with E-state index < -0.39 is 0 Å². The molecular weight excluding hydrogens is 404 g/mol. The molecule has 0 aromatic heterocycles. The maximum absolute atomic E-state index is 12.1. The molecule has 1 saturated heterocycles. The minimum Gasteiger partial charge on any atom is -0.493 e. The summed E-state index contributed by atoms with van der Waals surface area (Å²) in [5, 5.41) is 7.12. The molecule has 1 fully saturated rings. The van der Waals surface area contributed by atoms with Crippen LogP contribution in [-0.2, 0) is 11.3 Å². The van der Waals surface area contributed by atoms with Crippen LogP contribution in [0.25, 0.3) is 0 Å². The lowest BCUT2D eigenvalue weighted by Crippen LogP contribution is -2.39. The van der Waals surface area contributed by atoms with Crippen molar-refractivity contribution >= 4 is 23.5 Å². The lowest BCUT2D eigenvalue weighted by Gasteiger charge is -2.20. The molecule has 0 radical (unpaired) electrons. The van der Waals surface area contributed by atoms with Crippen LogP contribution >= 0.6 is 11.6 Å². The van der Waals surface area contributed by atoms with E-state index >= 15 is 0 Å². The van der Waals surface area contributed by atoms with Crippen LogP contribution in [0.4, 0.5) is 0 Å². The quantitative estimate of drug-likeness (QED) is 0.331. The van der Waals surface area contributed by atoms with E-state index in [1.165, 1.54) is 0 Å². The fourth-order valence-corrected chi connectivity index (χ4v) is 3.70. The van der Waals surface area contributed by atoms with Gasteiger partial charge >= 0.3 is 0 Å². The van der Waals surface area contributed by atoms with Crippen LogP contribution in [0.1, 0.15) is 51.5 Å². The van der Waals surface area contributed by atoms with Gasteiger partial charge in [0.1, 0.15) is 0 Å². The van der Waals surface area contributed by atoms with Gasteiger partial charge in [0.15, 0.2) is 17.5 Å². The maximum Gasteiger partial charge on any atom is 0.222 e. The zero-order valence-corrected chi connectivity index (χ0v) is 19.2. The van der Waals surface area contributed by atoms with Crippen molar-refractivity contribution in [1.29, 1.82) is 0 Å². The highest BCUT2D eigenvalue weighted by atomic mass is 35.5. The average molecular weight is 439 g/mol. The number of methoxy groups -OCH3 is 1. The average Bonchev–Trinajstić information content (AvgIpc) is 2.94. The highest BCUT2D eigenvalue weighted by Gasteiger charge is 2.15. The number of aliphatic imine (C=N–C) groups is 1. The summed E-state index contributed by atoms with van der Waals surface area (Å²) in [5.74, 6) is 2.19. The number of carbonyl (C=O) groups excluding carboxylic acids is 1. The number of nitrogens with one attached hydrogen (secondary N) is 2. The number of hydrogen-bond donors (Lipinski definition) is 2. The Labute approximate surface area is 185 Å². The Morgan fingerprint density at radius 1 is 1.23 bits per heavy atom. The van der Waals surface area contributed by atoms with E-state index in [0.29, 0.717) is 36.1 Å². The number of ether oxygens (including phenoxy) is 2. The molecule has 0 aliphatic carbocycles. The lowest BCUT2D eigenvalue weighted by atomic mass is 10.2. The third-order valence-electron chi connectivity index (χ3n) is 4.91. The van der Waals surface area contributed by atoms with E-state index in [-0.39, 0.29) is 5.91 Å². The largest absolute Gasteiger partial charge is 0.493 e. The van der Waals surface area contributed by atoms with Crippen molar-refractivity contribution in [3.63, 3.8) is 0 Å². The Morgan fingerprint density at radius 2 is 2.07 bits per heavy atom. The first kappa shape index (κ1) is 24.1. The summed E-state index contributed by atoms with van der Waals surface area (Å²) in [6, 6.07) is 3.75. The molecule has 0 spiro atoms. The van der Waals surface area contributed by atoms with E-state index in [0.717, 1.165) is 63.4 Å². The predicted molar refractivity (Wildman–Crippen MR) is 122 cm³/mol. The smallest absolute Gasteiger partial charge is 0.222 e. The number of guanidine groups is 1. The van der Waals surface area contributed by atoms with Crippen molar-refractivity contribution < 1.29 is 14.3 Å². The molecule has 1 aliphatic rings. The second-order valence-electron chi connectivity index (χ2n) is 7.21. The topological polar surface area (TPSA) is 75.2 Å². The van der Waals surface area contributed by atoms with E-state index in [1.807, 2.05) is 30.9 Å². The summed E-state index contributed by atoms with van der Waals surface area (Å²) in [5.41, 5.74) is 0.938. The third-order valence-corrected chi connectivity index (χ3v) is 5.19. The molecule has 1 amide bonds. The minimum atomic E-state index is 0.286. The van der Waals surface area contributed by atoms with Crippen LogP contribution in [0, 0.1) is 0 Å². The molecule has 7 nitrogen and oxygen atoms in total. The molecule has 1 heterocycles. The van der Waals surface area contributed by atoms with Crippen molar-refractivity contribution in [2.24, 2.45) is 4.99 Å². The van der Waals surface area contributed by atoms with Gasteiger partial charge in [-0.25, -0.2) is 4.99 Å². The van der Waals surface area contributed by atoms with Crippen LogP contribution in [-0.4, -0.2) is 56.7 Å². The first-order valence-corrected chi connectivity index (χ1v) is 11.3. The Hall–Kier alpha value is -2.15. The summed E-state index contributed by atoms with van der Waals surface area (Å²) < 4.78 is 11.0. The zero-order valence-electron chi connectivity index (χ0n) is 18.4. The Morgan fingerprint density at radius 3 is 2.80 bits per heavy atom. The van der Waals surface area contributed by atoms with Crippen molar-refractivity contribution in [3.05, 3.63) is 22.7 Å². The fraction of sp³-hybridized carbons (Fsp3) is 0.636. The van der Waals surface area contributed by atoms with Crippen LogP contribution in [0.2, 0.25) is 5.02 Å². The van der Waals surface area contributed by atoms with Crippen molar-refractivity contribution in [3.8, 4) is 11.5 Å². The number of amides is 1. The van der Waals surface area contributed by atoms with Crippen LogP contribution in [0.5, 0.6) is 11.5 Å². The van der Waals surface area contributed by atoms with Gasteiger partial charge < -0.3 is 25.0 Å². The summed E-state index contributed by atoms with van der Waals surface area (Å²) >= 11 is 6.35. The number of hydrogen-bond acceptors (Lipinski definition) is 4. The molecule has 2 N–H and O–H groups in total. The molecule has 1 aromatic rings. The van der Waals surface area contributed by atoms with Crippen LogP contribution in [0.3, 0.4) is 0 Å². The summed E-state index contributed by atoms with van der Waals surface area (Å²) in [6.45, 7) is 8.11. The van der Waals surface area contributed by atoms with Crippen LogP contribution in [0.15, 0.2) is 17.1 Å². The molecule has 0 saturated carbocycles. The Kier molecular flexibility index (Phi) is 10.6. The second kappa shape index (κ2) is 13.2. The van der Waals surface area contributed by atoms with E-state index in [9.17, 15) is 4.79 Å². The molecule has 0 atom stereocenters. The van der Waals surface area contributed by atoms with Gasteiger partial charge in [-0.3, -0.25) is 4.79 Å². The number of carbonyl (C=O) groups is 1. The molecule has 0 bridgehead atoms. The normalized spacial score (nSPS) is 15.0. The first-order chi connectivity index (χ1) is 14.6. The van der Waals surface area contributed by atoms with Crippen molar-refractivity contribution in [1.82, 2.24) is 15.5 Å². The van der Waals surface area contributed by atoms with Crippen LogP contribution < -0.4 is 20.1 Å². The van der Waals surface area contributed by atoms with E-state index in [1.54, 1.807) is 7.11 Å². The monoisotopic (exact) mass is 438 g/mol. The zero-order chi connectivity index (χ0) is 21.8. The van der Waals surface area contributed by atoms with E-state index in [4.69, 9.17) is 21.1 Å². The van der Waals surface area contributed by atoms with Gasteiger partial charge in [0.2, 0.25) is 5.91 Å². The standard InChI is InChI=1S/C22H35ClN4O3/c1-4-24-22(25-11-9-13-27-12-8-6-7-10-20(27)28)26-16-17-14-18(23)21(30-5-2)19(15-17)29-3/h14-15H,4-13,16H2,1-3H3,(H2,24,25,26). The van der Waals surface area contributed by atoms with Crippen molar-refractivity contribution in [2.45, 2.75) is 52.5 Å². The van der Waals surface area contributed by atoms with Gasteiger partial charge in [0, 0.05) is 32.6 Å². The number of benzene rings is 1. The molecule has 2 rings (SSSR count). The molecule has 168 valence electrons. The molecular formula is C22H35ClN4O3. The molecule has 0 unspecified atom stereocenters. The SMILES string of the molecule is CCNC(=NCc1cc(Cl)c(OCC)c(OC)c1)NCCCN1CCCCCC1=O.